The summed E-state index contributed by atoms with van der Waals surface area (Å²) in [4.78, 5) is 0. The van der Waals surface area contributed by atoms with Crippen LogP contribution in [-0.2, 0) is 0 Å². The van der Waals surface area contributed by atoms with Crippen LogP contribution in [0.2, 0.25) is 0 Å². The smallest absolute Gasteiger partial charge is 0.101 e. The van der Waals surface area contributed by atoms with Gasteiger partial charge in [-0.15, -0.1) is 0 Å². The molecule has 0 bridgehead atoms. The quantitative estimate of drug-likeness (QED) is 0.685. The van der Waals surface area contributed by atoms with Crippen LogP contribution >= 0.6 is 0 Å². The molecule has 0 heterocycles. The van der Waals surface area contributed by atoms with E-state index in [9.17, 15) is 9.50 Å². The normalized spacial score (nSPS) is 60.0. The Bertz CT molecular complexity index is 424. The Hall–Kier alpha value is -0.110. The maximum Gasteiger partial charge on any atom is 0.101 e. The van der Waals surface area contributed by atoms with Gasteiger partial charge in [0, 0.05) is 0 Å². The number of aliphatic hydroxyl groups is 1. The SMILES string of the molecule is C[C@]12CC[C@@H]3[C@@H](CCC4CCC(O)C[C@@]43C)[C@@H]1CC(F)C2. The van der Waals surface area contributed by atoms with E-state index in [1.807, 2.05) is 0 Å². The lowest BCUT2D eigenvalue weighted by Gasteiger charge is -2.60. The first-order valence-electron chi connectivity index (χ1n) is 9.24. The zero-order valence-electron chi connectivity index (χ0n) is 13.7. The molecule has 1 nitrogen and oxygen atoms in total. The molecular formula is C19H31FO. The molecular weight excluding hydrogens is 263 g/mol. The van der Waals surface area contributed by atoms with Crippen LogP contribution < -0.4 is 0 Å². The number of fused-ring (bicyclic) bond motifs is 5. The second-order valence-corrected chi connectivity index (χ2v) is 9.32. The number of rotatable bonds is 0. The summed E-state index contributed by atoms with van der Waals surface area (Å²) in [6.07, 6.45) is 9.37. The van der Waals surface area contributed by atoms with Gasteiger partial charge in [-0.25, -0.2) is 4.39 Å². The Morgan fingerprint density at radius 3 is 2.52 bits per heavy atom. The predicted octanol–water partition coefficient (Wildman–Crippen LogP) is 4.73. The Morgan fingerprint density at radius 2 is 1.71 bits per heavy atom. The molecule has 0 aliphatic heterocycles. The molecule has 1 N–H and O–H groups in total. The second-order valence-electron chi connectivity index (χ2n) is 9.32. The van der Waals surface area contributed by atoms with Crippen LogP contribution in [0.25, 0.3) is 0 Å². The van der Waals surface area contributed by atoms with Gasteiger partial charge in [-0.1, -0.05) is 13.8 Å². The molecule has 4 aliphatic rings. The van der Waals surface area contributed by atoms with Gasteiger partial charge in [0.2, 0.25) is 0 Å². The van der Waals surface area contributed by atoms with E-state index in [0.29, 0.717) is 11.3 Å². The third-order valence-corrected chi connectivity index (χ3v) is 8.30. The minimum absolute atomic E-state index is 0.0872. The molecule has 21 heavy (non-hydrogen) atoms. The minimum Gasteiger partial charge on any atom is -0.393 e. The van der Waals surface area contributed by atoms with Crippen molar-refractivity contribution in [3.05, 3.63) is 0 Å². The standard InChI is InChI=1S/C19H31FO/c1-18-8-7-16-15(17(18)9-13(20)10-18)6-4-12-3-5-14(21)11-19(12,16)2/h12-17,21H,3-11H2,1-2H3/t12?,13?,14?,15-,16-,17+,18-,19+/m1/s1. The van der Waals surface area contributed by atoms with Crippen LogP contribution in [0.1, 0.15) is 71.6 Å². The minimum atomic E-state index is -0.554. The molecule has 0 spiro atoms. The van der Waals surface area contributed by atoms with E-state index in [0.717, 1.165) is 43.4 Å². The van der Waals surface area contributed by atoms with Crippen molar-refractivity contribution in [1.29, 1.82) is 0 Å². The van der Waals surface area contributed by atoms with Gasteiger partial charge >= 0.3 is 0 Å². The van der Waals surface area contributed by atoms with Gasteiger partial charge in [0.25, 0.3) is 0 Å². The Kier molecular flexibility index (Phi) is 3.24. The fourth-order valence-corrected chi connectivity index (χ4v) is 7.30. The lowest BCUT2D eigenvalue weighted by Crippen LogP contribution is -2.53. The first kappa shape index (κ1) is 14.5. The molecule has 3 unspecified atom stereocenters. The number of alkyl halides is 1. The van der Waals surface area contributed by atoms with Crippen molar-refractivity contribution < 1.29 is 9.50 Å². The molecule has 0 aromatic heterocycles. The summed E-state index contributed by atoms with van der Waals surface area (Å²) >= 11 is 0. The summed E-state index contributed by atoms with van der Waals surface area (Å²) in [5, 5.41) is 10.2. The maximum atomic E-state index is 14.1. The van der Waals surface area contributed by atoms with Crippen molar-refractivity contribution in [2.24, 2.45) is 34.5 Å². The van der Waals surface area contributed by atoms with E-state index in [-0.39, 0.29) is 11.5 Å². The summed E-state index contributed by atoms with van der Waals surface area (Å²) in [5.41, 5.74) is 0.605. The number of hydrogen-bond donors (Lipinski definition) is 1. The summed E-state index contributed by atoms with van der Waals surface area (Å²) in [5.74, 6) is 2.91. The van der Waals surface area contributed by atoms with Gasteiger partial charge in [0.05, 0.1) is 6.10 Å². The topological polar surface area (TPSA) is 20.2 Å². The third kappa shape index (κ3) is 2.04. The van der Waals surface area contributed by atoms with Gasteiger partial charge < -0.3 is 5.11 Å². The first-order valence-corrected chi connectivity index (χ1v) is 9.24. The first-order chi connectivity index (χ1) is 9.92. The number of halogens is 1. The van der Waals surface area contributed by atoms with E-state index < -0.39 is 6.17 Å². The lowest BCUT2D eigenvalue weighted by atomic mass is 9.45. The van der Waals surface area contributed by atoms with Gasteiger partial charge in [0.15, 0.2) is 0 Å². The molecule has 2 heteroatoms. The highest BCUT2D eigenvalue weighted by molar-refractivity contribution is 5.08. The third-order valence-electron chi connectivity index (χ3n) is 8.30. The molecule has 0 radical (unpaired) electrons. The van der Waals surface area contributed by atoms with E-state index in [2.05, 4.69) is 13.8 Å². The molecule has 4 aliphatic carbocycles. The van der Waals surface area contributed by atoms with Crippen molar-refractivity contribution in [3.8, 4) is 0 Å². The van der Waals surface area contributed by atoms with Crippen LogP contribution in [-0.4, -0.2) is 17.4 Å². The Balaban J connectivity index is 1.64. The summed E-state index contributed by atoms with van der Waals surface area (Å²) in [6.45, 7) is 4.82. The Morgan fingerprint density at radius 1 is 0.952 bits per heavy atom. The number of aliphatic hydroxyl groups excluding tert-OH is 1. The molecule has 120 valence electrons. The fraction of sp³-hybridized carbons (Fsp3) is 1.00. The van der Waals surface area contributed by atoms with Gasteiger partial charge in [-0.3, -0.25) is 0 Å². The van der Waals surface area contributed by atoms with E-state index >= 15 is 0 Å². The predicted molar refractivity (Wildman–Crippen MR) is 82.6 cm³/mol. The molecule has 0 saturated heterocycles. The van der Waals surface area contributed by atoms with Crippen LogP contribution in [0.4, 0.5) is 4.39 Å². The van der Waals surface area contributed by atoms with Gasteiger partial charge in [0.1, 0.15) is 6.17 Å². The van der Waals surface area contributed by atoms with Crippen LogP contribution in [0.3, 0.4) is 0 Å². The van der Waals surface area contributed by atoms with Crippen LogP contribution in [0.5, 0.6) is 0 Å². The molecule has 4 fully saturated rings. The number of hydrogen-bond acceptors (Lipinski definition) is 1. The van der Waals surface area contributed by atoms with Crippen LogP contribution in [0.15, 0.2) is 0 Å². The molecule has 0 amide bonds. The fourth-order valence-electron chi connectivity index (χ4n) is 7.30. The van der Waals surface area contributed by atoms with Crippen molar-refractivity contribution >= 4 is 0 Å². The molecule has 8 atom stereocenters. The summed E-state index contributed by atoms with van der Waals surface area (Å²) in [6, 6.07) is 0. The molecule has 4 rings (SSSR count). The molecule has 0 aromatic carbocycles. The van der Waals surface area contributed by atoms with Gasteiger partial charge in [-0.2, -0.15) is 0 Å². The summed E-state index contributed by atoms with van der Waals surface area (Å²) < 4.78 is 14.1. The van der Waals surface area contributed by atoms with E-state index in [1.165, 1.54) is 32.1 Å². The van der Waals surface area contributed by atoms with Crippen molar-refractivity contribution in [2.75, 3.05) is 0 Å². The molecule has 0 aromatic rings. The highest BCUT2D eigenvalue weighted by Crippen LogP contribution is 2.66. The van der Waals surface area contributed by atoms with Crippen LogP contribution in [0, 0.1) is 34.5 Å². The maximum absolute atomic E-state index is 14.1. The Labute approximate surface area is 128 Å². The van der Waals surface area contributed by atoms with Gasteiger partial charge in [-0.05, 0) is 92.3 Å². The lowest BCUT2D eigenvalue weighted by molar-refractivity contribution is -0.124. The average molecular weight is 294 g/mol. The highest BCUT2D eigenvalue weighted by atomic mass is 19.1. The zero-order valence-corrected chi connectivity index (χ0v) is 13.7. The monoisotopic (exact) mass is 294 g/mol. The van der Waals surface area contributed by atoms with Crippen molar-refractivity contribution in [2.45, 2.75) is 83.9 Å². The van der Waals surface area contributed by atoms with Crippen molar-refractivity contribution in [1.82, 2.24) is 0 Å². The zero-order chi connectivity index (χ0) is 14.8. The summed E-state index contributed by atoms with van der Waals surface area (Å²) in [7, 11) is 0. The molecule has 4 saturated carbocycles. The van der Waals surface area contributed by atoms with E-state index in [4.69, 9.17) is 0 Å². The average Bonchev–Trinajstić information content (AvgIpc) is 2.72. The van der Waals surface area contributed by atoms with E-state index in [1.54, 1.807) is 0 Å². The highest BCUT2D eigenvalue weighted by Gasteiger charge is 2.59. The van der Waals surface area contributed by atoms with Crippen molar-refractivity contribution in [3.63, 3.8) is 0 Å². The largest absolute Gasteiger partial charge is 0.393 e. The second kappa shape index (κ2) is 4.69.